The topological polar surface area (TPSA) is 81.5 Å². The second kappa shape index (κ2) is 7.84. The first-order valence-corrected chi connectivity index (χ1v) is 10.3. The Morgan fingerprint density at radius 1 is 1.26 bits per heavy atom. The number of aromatic nitrogens is 4. The number of alkyl halides is 3. The van der Waals surface area contributed by atoms with Gasteiger partial charge in [0.2, 0.25) is 0 Å². The molecule has 3 aromatic heterocycles. The number of pyridine rings is 2. The Kier molecular flexibility index (Phi) is 5.33. The van der Waals surface area contributed by atoms with Crippen molar-refractivity contribution >= 4 is 16.9 Å². The third-order valence-corrected chi connectivity index (χ3v) is 5.83. The molecule has 4 rings (SSSR count). The summed E-state index contributed by atoms with van der Waals surface area (Å²) in [6.45, 7) is 5.34. The largest absolute Gasteiger partial charge is 0.418 e. The molecule has 0 radical (unpaired) electrons. The zero-order valence-electron chi connectivity index (χ0n) is 17.4. The number of hydrogen-bond acceptors (Lipinski definition) is 5. The van der Waals surface area contributed by atoms with E-state index in [4.69, 9.17) is 0 Å². The van der Waals surface area contributed by atoms with Crippen LogP contribution in [0.4, 0.5) is 19.0 Å². The Labute approximate surface area is 179 Å². The Bertz CT molecular complexity index is 1130. The average Bonchev–Trinajstić information content (AvgIpc) is 3.17. The van der Waals surface area contributed by atoms with E-state index >= 15 is 0 Å². The lowest BCUT2D eigenvalue weighted by molar-refractivity contribution is -0.137. The van der Waals surface area contributed by atoms with Gasteiger partial charge in [-0.3, -0.25) is 5.10 Å². The number of hydrogen-bond donors (Lipinski definition) is 1. The molecule has 0 amide bonds. The number of nitrogens with one attached hydrogen (secondary N) is 1. The van der Waals surface area contributed by atoms with Crippen LogP contribution in [0.15, 0.2) is 30.5 Å². The van der Waals surface area contributed by atoms with Gasteiger partial charge >= 0.3 is 6.18 Å². The third kappa shape index (κ3) is 4.07. The van der Waals surface area contributed by atoms with E-state index in [1.165, 1.54) is 12.3 Å². The second-order valence-electron chi connectivity index (χ2n) is 8.51. The van der Waals surface area contributed by atoms with Crippen LogP contribution < -0.4 is 4.90 Å². The van der Waals surface area contributed by atoms with Gasteiger partial charge in [0.25, 0.3) is 0 Å². The molecule has 31 heavy (non-hydrogen) atoms. The lowest BCUT2D eigenvalue weighted by Crippen LogP contribution is -2.40. The van der Waals surface area contributed by atoms with Crippen LogP contribution in [0.3, 0.4) is 0 Å². The summed E-state index contributed by atoms with van der Waals surface area (Å²) in [5.41, 5.74) is -0.873. The van der Waals surface area contributed by atoms with Crippen LogP contribution >= 0.6 is 0 Å². The van der Waals surface area contributed by atoms with Gasteiger partial charge in [-0.25, -0.2) is 9.97 Å². The van der Waals surface area contributed by atoms with Crippen molar-refractivity contribution in [3.8, 4) is 17.5 Å². The van der Waals surface area contributed by atoms with E-state index in [9.17, 15) is 18.4 Å². The first kappa shape index (κ1) is 21.1. The van der Waals surface area contributed by atoms with Crippen LogP contribution in [0.1, 0.15) is 40.1 Å². The Morgan fingerprint density at radius 3 is 2.65 bits per heavy atom. The molecule has 3 aromatic rings. The van der Waals surface area contributed by atoms with E-state index in [2.05, 4.69) is 40.1 Å². The van der Waals surface area contributed by atoms with E-state index in [1.54, 1.807) is 12.1 Å². The number of nitriles is 1. The molecule has 1 fully saturated rings. The van der Waals surface area contributed by atoms with Crippen molar-refractivity contribution in [3.63, 3.8) is 0 Å². The van der Waals surface area contributed by atoms with Gasteiger partial charge in [0.1, 0.15) is 11.5 Å². The van der Waals surface area contributed by atoms with Gasteiger partial charge in [0, 0.05) is 26.1 Å². The minimum atomic E-state index is -4.56. The molecule has 0 aliphatic carbocycles. The van der Waals surface area contributed by atoms with Crippen molar-refractivity contribution < 1.29 is 14.6 Å². The Hall–Kier alpha value is -3.15. The monoisotopic (exact) mass is 430 g/mol. The molecule has 6 nitrogen and oxygen atoms in total. The molecule has 0 spiro atoms. The number of anilines is 1. The van der Waals surface area contributed by atoms with Gasteiger partial charge < -0.3 is 4.90 Å². The van der Waals surface area contributed by atoms with Crippen molar-refractivity contribution in [1.29, 1.82) is 5.26 Å². The highest BCUT2D eigenvalue weighted by atomic mass is 19.4. The minimum absolute atomic E-state index is 0. The van der Waals surface area contributed by atoms with E-state index < -0.39 is 11.7 Å². The summed E-state index contributed by atoms with van der Waals surface area (Å²) in [5.74, 6) is 0.870. The Balaban J connectivity index is 0.00000289. The van der Waals surface area contributed by atoms with Gasteiger partial charge in [0.15, 0.2) is 5.65 Å². The lowest BCUT2D eigenvalue weighted by atomic mass is 9.74. The molecule has 164 valence electrons. The number of rotatable bonds is 4. The SMILES string of the molecule is CC(C)CC1(C#N)CCN(c2ccc(C(F)(F)F)c(-c3[nH]nc4ncccc34)n2)CC1.[HH]. The summed E-state index contributed by atoms with van der Waals surface area (Å²) in [4.78, 5) is 10.5. The van der Waals surface area contributed by atoms with E-state index in [1.807, 2.05) is 4.90 Å². The molecule has 0 saturated carbocycles. The van der Waals surface area contributed by atoms with Crippen molar-refractivity contribution in [2.75, 3.05) is 18.0 Å². The molecule has 0 atom stereocenters. The van der Waals surface area contributed by atoms with Gasteiger partial charge in [-0.1, -0.05) is 13.8 Å². The zero-order valence-corrected chi connectivity index (χ0v) is 17.4. The molecular formula is C22H25F3N6. The molecule has 0 aromatic carbocycles. The normalized spacial score (nSPS) is 16.6. The Morgan fingerprint density at radius 2 is 2.00 bits per heavy atom. The average molecular weight is 430 g/mol. The highest BCUT2D eigenvalue weighted by molar-refractivity contribution is 5.90. The first-order valence-electron chi connectivity index (χ1n) is 10.3. The predicted octanol–water partition coefficient (Wildman–Crippen LogP) is 5.44. The summed E-state index contributed by atoms with van der Waals surface area (Å²) < 4.78 is 41.2. The predicted molar refractivity (Wildman–Crippen MR) is 113 cm³/mol. The summed E-state index contributed by atoms with van der Waals surface area (Å²) in [6, 6.07) is 8.29. The lowest BCUT2D eigenvalue weighted by Gasteiger charge is -2.39. The third-order valence-electron chi connectivity index (χ3n) is 5.83. The first-order chi connectivity index (χ1) is 14.7. The number of halogens is 3. The van der Waals surface area contributed by atoms with Crippen molar-refractivity contribution in [2.24, 2.45) is 11.3 Å². The van der Waals surface area contributed by atoms with Crippen molar-refractivity contribution in [3.05, 3.63) is 36.0 Å². The van der Waals surface area contributed by atoms with Gasteiger partial charge in [0.05, 0.1) is 22.7 Å². The van der Waals surface area contributed by atoms with Gasteiger partial charge in [-0.2, -0.15) is 23.5 Å². The zero-order chi connectivity index (χ0) is 22.2. The number of aromatic amines is 1. The molecule has 1 aliphatic heterocycles. The van der Waals surface area contributed by atoms with E-state index in [0.29, 0.717) is 48.7 Å². The number of piperidine rings is 1. The van der Waals surface area contributed by atoms with Crippen LogP contribution in [-0.4, -0.2) is 33.3 Å². The fourth-order valence-corrected chi connectivity index (χ4v) is 4.38. The fraction of sp³-hybridized carbons (Fsp3) is 0.455. The fourth-order valence-electron chi connectivity index (χ4n) is 4.38. The second-order valence-corrected chi connectivity index (χ2v) is 8.51. The maximum atomic E-state index is 13.7. The quantitative estimate of drug-likeness (QED) is 0.596. The highest BCUT2D eigenvalue weighted by Crippen LogP contribution is 2.41. The summed E-state index contributed by atoms with van der Waals surface area (Å²) in [7, 11) is 0. The van der Waals surface area contributed by atoms with Crippen molar-refractivity contribution in [2.45, 2.75) is 39.3 Å². The van der Waals surface area contributed by atoms with Gasteiger partial charge in [-0.15, -0.1) is 0 Å². The smallest absolute Gasteiger partial charge is 0.356 e. The molecule has 1 aliphatic rings. The number of fused-ring (bicyclic) bond motifs is 1. The maximum absolute atomic E-state index is 13.7. The summed E-state index contributed by atoms with van der Waals surface area (Å²) >= 11 is 0. The molecule has 0 unspecified atom stereocenters. The van der Waals surface area contributed by atoms with Crippen LogP contribution in [-0.2, 0) is 6.18 Å². The van der Waals surface area contributed by atoms with Crippen LogP contribution in [0.2, 0.25) is 0 Å². The molecular weight excluding hydrogens is 405 g/mol. The van der Waals surface area contributed by atoms with E-state index in [-0.39, 0.29) is 18.2 Å². The van der Waals surface area contributed by atoms with Gasteiger partial charge in [-0.05, 0) is 49.4 Å². The van der Waals surface area contributed by atoms with Crippen LogP contribution in [0.25, 0.3) is 22.4 Å². The van der Waals surface area contributed by atoms with Crippen molar-refractivity contribution in [1.82, 2.24) is 20.2 Å². The number of H-pyrrole nitrogens is 1. The van der Waals surface area contributed by atoms with Crippen LogP contribution in [0, 0.1) is 22.7 Å². The molecule has 4 heterocycles. The summed E-state index contributed by atoms with van der Waals surface area (Å²) in [5, 5.41) is 16.9. The summed E-state index contributed by atoms with van der Waals surface area (Å²) in [6.07, 6.45) is -0.882. The minimum Gasteiger partial charge on any atom is -0.356 e. The molecule has 9 heteroatoms. The molecule has 0 bridgehead atoms. The molecule has 1 saturated heterocycles. The van der Waals surface area contributed by atoms with E-state index in [0.717, 1.165) is 12.5 Å². The number of nitrogens with zero attached hydrogens (tertiary/aromatic N) is 5. The van der Waals surface area contributed by atoms with Crippen LogP contribution in [0.5, 0.6) is 0 Å². The maximum Gasteiger partial charge on any atom is 0.418 e. The molecule has 1 N–H and O–H groups in total. The standard InChI is InChI=1S/C22H23F3N6.H2/c1-14(2)12-21(13-26)7-10-31(11-8-21)17-6-5-16(22(23,24)25)19(28-17)18-15-4-3-9-27-20(15)30-29-18;/h3-6,9,14H,7-8,10-12H2,1-2H3,(H,27,29,30);1H. The highest BCUT2D eigenvalue weighted by Gasteiger charge is 2.38.